The van der Waals surface area contributed by atoms with Crippen molar-refractivity contribution in [2.24, 2.45) is 0 Å². The molecule has 0 bridgehead atoms. The molecule has 3 N–H and O–H groups in total. The molecular formula is C19H26N4O2. The van der Waals surface area contributed by atoms with Crippen molar-refractivity contribution in [2.75, 3.05) is 6.54 Å². The van der Waals surface area contributed by atoms with Gasteiger partial charge in [-0.1, -0.05) is 25.0 Å². The fraction of sp³-hybridized carbons (Fsp3) is 0.474. The van der Waals surface area contributed by atoms with Crippen molar-refractivity contribution >= 4 is 6.03 Å². The molecule has 0 saturated carbocycles. The normalized spacial score (nSPS) is 18.0. The van der Waals surface area contributed by atoms with Gasteiger partial charge in [0.05, 0.1) is 11.7 Å². The Morgan fingerprint density at radius 2 is 2.04 bits per heavy atom. The van der Waals surface area contributed by atoms with Crippen LogP contribution in [-0.2, 0) is 6.54 Å². The Hall–Kier alpha value is -2.50. The molecule has 6 heteroatoms. The Morgan fingerprint density at radius 3 is 2.72 bits per heavy atom. The van der Waals surface area contributed by atoms with Gasteiger partial charge in [0.15, 0.2) is 0 Å². The molecular weight excluding hydrogens is 316 g/mol. The quantitative estimate of drug-likeness (QED) is 0.798. The number of benzene rings is 1. The molecule has 1 atom stereocenters. The lowest BCUT2D eigenvalue weighted by atomic mass is 9.99. The number of aromatic hydroxyl groups is 1. The Morgan fingerprint density at radius 1 is 1.28 bits per heavy atom. The van der Waals surface area contributed by atoms with E-state index in [1.165, 1.54) is 0 Å². The number of urea groups is 1. The summed E-state index contributed by atoms with van der Waals surface area (Å²) in [6.45, 7) is 5.23. The molecule has 1 saturated heterocycles. The zero-order valence-electron chi connectivity index (χ0n) is 14.9. The van der Waals surface area contributed by atoms with E-state index in [1.54, 1.807) is 12.1 Å². The van der Waals surface area contributed by atoms with Gasteiger partial charge in [-0.3, -0.25) is 5.10 Å². The lowest BCUT2D eigenvalue weighted by Crippen LogP contribution is -2.42. The maximum Gasteiger partial charge on any atom is 0.318 e. The third kappa shape index (κ3) is 3.95. The first kappa shape index (κ1) is 17.3. The Bertz CT molecular complexity index is 704. The van der Waals surface area contributed by atoms with E-state index in [1.807, 2.05) is 30.9 Å². The van der Waals surface area contributed by atoms with E-state index in [0.29, 0.717) is 6.54 Å². The SMILES string of the molecule is Cc1n[nH]c(C)c1[C@@H]1CCCCCN1C(=O)NCc1ccc(O)cc1. The first-order chi connectivity index (χ1) is 12.1. The summed E-state index contributed by atoms with van der Waals surface area (Å²) in [7, 11) is 0. The van der Waals surface area contributed by atoms with Crippen molar-refractivity contribution in [1.82, 2.24) is 20.4 Å². The Balaban J connectivity index is 1.74. The van der Waals surface area contributed by atoms with Gasteiger partial charge in [-0.15, -0.1) is 0 Å². The van der Waals surface area contributed by atoms with E-state index in [4.69, 9.17) is 0 Å². The third-order valence-corrected chi connectivity index (χ3v) is 4.91. The van der Waals surface area contributed by atoms with E-state index < -0.39 is 0 Å². The van der Waals surface area contributed by atoms with Gasteiger partial charge in [0.25, 0.3) is 0 Å². The second-order valence-electron chi connectivity index (χ2n) is 6.73. The Kier molecular flexibility index (Phi) is 5.26. The molecule has 1 fully saturated rings. The summed E-state index contributed by atoms with van der Waals surface area (Å²) < 4.78 is 0. The second kappa shape index (κ2) is 7.59. The number of aromatic nitrogens is 2. The number of nitrogens with one attached hydrogen (secondary N) is 2. The van der Waals surface area contributed by atoms with Crippen molar-refractivity contribution in [3.05, 3.63) is 46.8 Å². The van der Waals surface area contributed by atoms with Crippen LogP contribution in [0.5, 0.6) is 5.75 Å². The lowest BCUT2D eigenvalue weighted by molar-refractivity contribution is 0.175. The van der Waals surface area contributed by atoms with E-state index >= 15 is 0 Å². The summed E-state index contributed by atoms with van der Waals surface area (Å²) in [6, 6.07) is 6.93. The molecule has 1 aliphatic heterocycles. The van der Waals surface area contributed by atoms with E-state index in [-0.39, 0.29) is 17.8 Å². The molecule has 134 valence electrons. The highest BCUT2D eigenvalue weighted by atomic mass is 16.3. The van der Waals surface area contributed by atoms with Crippen LogP contribution in [0.2, 0.25) is 0 Å². The summed E-state index contributed by atoms with van der Waals surface area (Å²) in [5.74, 6) is 0.230. The number of nitrogens with zero attached hydrogens (tertiary/aromatic N) is 2. The zero-order valence-corrected chi connectivity index (χ0v) is 14.9. The van der Waals surface area contributed by atoms with Gasteiger partial charge in [-0.05, 0) is 44.4 Å². The molecule has 0 unspecified atom stereocenters. The van der Waals surface area contributed by atoms with E-state index in [9.17, 15) is 9.90 Å². The molecule has 2 heterocycles. The molecule has 1 aliphatic rings. The Labute approximate surface area is 148 Å². The molecule has 0 radical (unpaired) electrons. The molecule has 6 nitrogen and oxygen atoms in total. The van der Waals surface area contributed by atoms with Crippen LogP contribution in [-0.4, -0.2) is 32.8 Å². The summed E-state index contributed by atoms with van der Waals surface area (Å²) in [5.41, 5.74) is 4.14. The fourth-order valence-corrected chi connectivity index (χ4v) is 3.60. The molecule has 3 rings (SSSR count). The van der Waals surface area contributed by atoms with Gasteiger partial charge in [0, 0.05) is 24.3 Å². The number of hydrogen-bond acceptors (Lipinski definition) is 3. The monoisotopic (exact) mass is 342 g/mol. The van der Waals surface area contributed by atoms with E-state index in [0.717, 1.165) is 54.7 Å². The maximum absolute atomic E-state index is 12.9. The summed E-state index contributed by atoms with van der Waals surface area (Å²) in [4.78, 5) is 14.8. The van der Waals surface area contributed by atoms with Crippen molar-refractivity contribution in [3.63, 3.8) is 0 Å². The first-order valence-electron chi connectivity index (χ1n) is 8.90. The molecule has 2 amide bonds. The minimum atomic E-state index is -0.0417. The largest absolute Gasteiger partial charge is 0.508 e. The van der Waals surface area contributed by atoms with Crippen LogP contribution in [0.15, 0.2) is 24.3 Å². The van der Waals surface area contributed by atoms with Gasteiger partial charge in [0.2, 0.25) is 0 Å². The number of phenols is 1. The highest BCUT2D eigenvalue weighted by Crippen LogP contribution is 2.33. The van der Waals surface area contributed by atoms with Gasteiger partial charge in [-0.2, -0.15) is 5.10 Å². The van der Waals surface area contributed by atoms with Gasteiger partial charge >= 0.3 is 6.03 Å². The van der Waals surface area contributed by atoms with Crippen molar-refractivity contribution < 1.29 is 9.90 Å². The number of H-pyrrole nitrogens is 1. The number of aryl methyl sites for hydroxylation is 2. The zero-order chi connectivity index (χ0) is 17.8. The number of rotatable bonds is 3. The lowest BCUT2D eigenvalue weighted by Gasteiger charge is -2.30. The number of likely N-dealkylation sites (tertiary alicyclic amines) is 1. The highest BCUT2D eigenvalue weighted by Gasteiger charge is 2.29. The number of carbonyl (C=O) groups excluding carboxylic acids is 1. The average molecular weight is 342 g/mol. The molecule has 1 aromatic heterocycles. The van der Waals surface area contributed by atoms with Crippen LogP contribution in [0.25, 0.3) is 0 Å². The minimum Gasteiger partial charge on any atom is -0.508 e. The maximum atomic E-state index is 12.9. The van der Waals surface area contributed by atoms with Crippen LogP contribution in [0.1, 0.15) is 54.2 Å². The van der Waals surface area contributed by atoms with Crippen molar-refractivity contribution in [2.45, 2.75) is 52.1 Å². The van der Waals surface area contributed by atoms with Crippen LogP contribution >= 0.6 is 0 Å². The number of phenolic OH excluding ortho intramolecular Hbond substituents is 1. The van der Waals surface area contributed by atoms with Crippen molar-refractivity contribution in [1.29, 1.82) is 0 Å². The first-order valence-corrected chi connectivity index (χ1v) is 8.90. The summed E-state index contributed by atoms with van der Waals surface area (Å²) in [5, 5.41) is 19.7. The van der Waals surface area contributed by atoms with Crippen LogP contribution in [0.4, 0.5) is 4.79 Å². The molecule has 25 heavy (non-hydrogen) atoms. The summed E-state index contributed by atoms with van der Waals surface area (Å²) >= 11 is 0. The molecule has 1 aromatic carbocycles. The number of carbonyl (C=O) groups is 1. The van der Waals surface area contributed by atoms with E-state index in [2.05, 4.69) is 15.5 Å². The molecule has 0 spiro atoms. The van der Waals surface area contributed by atoms with Crippen LogP contribution in [0, 0.1) is 13.8 Å². The predicted molar refractivity (Wildman–Crippen MR) is 96.3 cm³/mol. The number of amides is 2. The predicted octanol–water partition coefficient (Wildman–Crippen LogP) is 3.56. The number of hydrogen-bond donors (Lipinski definition) is 3. The standard InChI is InChI=1S/C19H26N4O2/c1-13-18(14(2)22-21-13)17-6-4-3-5-11-23(17)19(25)20-12-15-7-9-16(24)10-8-15/h7-10,17,24H,3-6,11-12H2,1-2H3,(H,20,25)(H,21,22)/t17-/m0/s1. The smallest absolute Gasteiger partial charge is 0.318 e. The fourth-order valence-electron chi connectivity index (χ4n) is 3.60. The van der Waals surface area contributed by atoms with Gasteiger partial charge < -0.3 is 15.3 Å². The highest BCUT2D eigenvalue weighted by molar-refractivity contribution is 5.75. The summed E-state index contributed by atoms with van der Waals surface area (Å²) in [6.07, 6.45) is 4.26. The molecule has 0 aliphatic carbocycles. The van der Waals surface area contributed by atoms with Gasteiger partial charge in [0.1, 0.15) is 5.75 Å². The van der Waals surface area contributed by atoms with Crippen molar-refractivity contribution in [3.8, 4) is 5.75 Å². The number of aromatic amines is 1. The van der Waals surface area contributed by atoms with Crippen LogP contribution in [0.3, 0.4) is 0 Å². The third-order valence-electron chi connectivity index (χ3n) is 4.91. The van der Waals surface area contributed by atoms with Crippen LogP contribution < -0.4 is 5.32 Å². The average Bonchev–Trinajstić information content (AvgIpc) is 2.80. The topological polar surface area (TPSA) is 81.2 Å². The second-order valence-corrected chi connectivity index (χ2v) is 6.73. The molecule has 2 aromatic rings. The minimum absolute atomic E-state index is 0.0417. The van der Waals surface area contributed by atoms with Gasteiger partial charge in [-0.25, -0.2) is 4.79 Å².